The molecule has 0 amide bonds. The first-order valence-electron chi connectivity index (χ1n) is 21.4. The average Bonchev–Trinajstić information content (AvgIpc) is 3.69. The summed E-state index contributed by atoms with van der Waals surface area (Å²) in [5.41, 5.74) is 9.31. The molecule has 2 aliphatic heterocycles. The molecule has 2 nitrogen and oxygen atoms in total. The first-order valence-corrected chi connectivity index (χ1v) is 20.5. The van der Waals surface area contributed by atoms with Crippen molar-refractivity contribution in [1.29, 1.82) is 0 Å². The van der Waals surface area contributed by atoms with E-state index in [0.717, 1.165) is 49.8 Å². The molecule has 1 spiro atoms. The summed E-state index contributed by atoms with van der Waals surface area (Å²) in [6.45, 7) is 0. The third kappa shape index (κ3) is 4.94. The van der Waals surface area contributed by atoms with Gasteiger partial charge in [0.1, 0.15) is 11.2 Å². The van der Waals surface area contributed by atoms with Crippen LogP contribution in [0.15, 0.2) is 224 Å². The van der Waals surface area contributed by atoms with Gasteiger partial charge in [-0.15, -0.1) is 0 Å². The van der Waals surface area contributed by atoms with Crippen LogP contribution < -0.4 is 4.90 Å². The van der Waals surface area contributed by atoms with Gasteiger partial charge in [-0.3, -0.25) is 0 Å². The van der Waals surface area contributed by atoms with Gasteiger partial charge in [-0.1, -0.05) is 151 Å². The summed E-state index contributed by atoms with van der Waals surface area (Å²) >= 11 is 3.62. The van der Waals surface area contributed by atoms with Crippen LogP contribution in [0.5, 0.6) is 0 Å². The minimum absolute atomic E-state index is 0.170. The standard InChI is InChI=1S/C53H33NOS2/c1-2-12-34(13-3-1)35-22-25-37(26-23-35)54(39-27-30-41-42-29-24-36-14-4-5-15-40(36)52(42)55-47(41)33-39)38-28-31-51-46(32-38)53(45-18-8-11-21-50(45)57-51)43-16-6-9-19-48(43)56-49-20-10-7-17-44(49)53/h1-33H/i1D,2D,3D,12D,13D. The number of anilines is 3. The van der Waals surface area contributed by atoms with Crippen molar-refractivity contribution in [3.63, 3.8) is 0 Å². The Kier molecular flexibility index (Phi) is 6.28. The Morgan fingerprint density at radius 1 is 0.439 bits per heavy atom. The maximum Gasteiger partial charge on any atom is 0.143 e. The van der Waals surface area contributed by atoms with E-state index in [9.17, 15) is 0 Å². The van der Waals surface area contributed by atoms with Crippen molar-refractivity contribution < 1.29 is 11.3 Å². The molecule has 268 valence electrons. The smallest absolute Gasteiger partial charge is 0.143 e. The van der Waals surface area contributed by atoms with E-state index in [2.05, 4.69) is 138 Å². The van der Waals surface area contributed by atoms with Crippen molar-refractivity contribution in [3.8, 4) is 11.1 Å². The van der Waals surface area contributed by atoms with Gasteiger partial charge in [-0.25, -0.2) is 0 Å². The summed E-state index contributed by atoms with van der Waals surface area (Å²) in [7, 11) is 0. The zero-order valence-corrected chi connectivity index (χ0v) is 32.0. The second-order valence-electron chi connectivity index (χ2n) is 14.5. The Balaban J connectivity index is 1.10. The molecular formula is C53H33NOS2. The Hall–Kier alpha value is -6.46. The number of fused-ring (bicyclic) bond motifs is 13. The van der Waals surface area contributed by atoms with Gasteiger partial charge in [0.2, 0.25) is 0 Å². The highest BCUT2D eigenvalue weighted by molar-refractivity contribution is 8.00. The normalized spacial score (nSPS) is 14.8. The number of hydrogen-bond donors (Lipinski definition) is 0. The molecule has 2 aliphatic rings. The number of nitrogens with zero attached hydrogens (tertiary/aromatic N) is 1. The molecule has 0 fully saturated rings. The summed E-state index contributed by atoms with van der Waals surface area (Å²) in [5.74, 6) is 0. The van der Waals surface area contributed by atoms with Gasteiger partial charge in [0, 0.05) is 58.9 Å². The zero-order valence-electron chi connectivity index (χ0n) is 35.3. The van der Waals surface area contributed by atoms with Crippen LogP contribution in [-0.2, 0) is 5.41 Å². The predicted octanol–water partition coefficient (Wildman–Crippen LogP) is 15.2. The van der Waals surface area contributed by atoms with Gasteiger partial charge >= 0.3 is 0 Å². The third-order valence-corrected chi connectivity index (χ3v) is 13.8. The van der Waals surface area contributed by atoms with E-state index in [1.54, 1.807) is 11.8 Å². The molecular weight excluding hydrogens is 731 g/mol. The first kappa shape index (κ1) is 28.0. The van der Waals surface area contributed by atoms with Crippen molar-refractivity contribution in [3.05, 3.63) is 222 Å². The molecule has 0 N–H and O–H groups in total. The highest BCUT2D eigenvalue weighted by atomic mass is 32.2. The molecule has 9 aromatic carbocycles. The minimum Gasteiger partial charge on any atom is -0.455 e. The van der Waals surface area contributed by atoms with Crippen LogP contribution in [-0.4, -0.2) is 0 Å². The van der Waals surface area contributed by atoms with Crippen molar-refractivity contribution in [1.82, 2.24) is 0 Å². The summed E-state index contributed by atoms with van der Waals surface area (Å²) < 4.78 is 49.0. The van der Waals surface area contributed by atoms with Crippen molar-refractivity contribution in [2.24, 2.45) is 0 Å². The zero-order chi connectivity index (χ0) is 41.9. The fourth-order valence-electron chi connectivity index (χ4n) is 8.99. The second kappa shape index (κ2) is 12.8. The highest BCUT2D eigenvalue weighted by Crippen LogP contribution is 2.62. The Labute approximate surface area is 346 Å². The monoisotopic (exact) mass is 768 g/mol. The summed E-state index contributed by atoms with van der Waals surface area (Å²) in [6.07, 6.45) is 0. The molecule has 4 heteroatoms. The number of furan rings is 1. The first-order chi connectivity index (χ1) is 30.3. The molecule has 1 aromatic heterocycles. The van der Waals surface area contributed by atoms with Crippen LogP contribution >= 0.6 is 23.5 Å². The fraction of sp³-hybridized carbons (Fsp3) is 0.0189. The molecule has 10 aromatic rings. The van der Waals surface area contributed by atoms with Crippen molar-refractivity contribution >= 4 is 73.3 Å². The SMILES string of the molecule is [2H]c1c([2H])c([2H])c(-c2ccc(N(c3ccc4c(c3)C3(c5ccccc5Sc5ccccc53)c3ccccc3S4)c3ccc4c(c3)oc3c5ccccc5ccc43)cc2)c([2H])c1[2H]. The van der Waals surface area contributed by atoms with Crippen LogP contribution in [0.4, 0.5) is 17.1 Å². The maximum atomic E-state index is 8.69. The molecule has 0 saturated heterocycles. The minimum atomic E-state index is -0.605. The molecule has 3 heterocycles. The van der Waals surface area contributed by atoms with Gasteiger partial charge in [-0.05, 0) is 105 Å². The predicted molar refractivity (Wildman–Crippen MR) is 238 cm³/mol. The van der Waals surface area contributed by atoms with Crippen LogP contribution in [0.3, 0.4) is 0 Å². The van der Waals surface area contributed by atoms with E-state index in [4.69, 9.17) is 11.3 Å². The van der Waals surface area contributed by atoms with Crippen molar-refractivity contribution in [2.45, 2.75) is 25.0 Å². The molecule has 0 radical (unpaired) electrons. The number of hydrogen-bond acceptors (Lipinski definition) is 4. The van der Waals surface area contributed by atoms with E-state index < -0.39 is 11.5 Å². The van der Waals surface area contributed by atoms with Gasteiger partial charge in [0.25, 0.3) is 0 Å². The largest absolute Gasteiger partial charge is 0.455 e. The number of rotatable bonds is 4. The van der Waals surface area contributed by atoms with Gasteiger partial charge in [-0.2, -0.15) is 0 Å². The van der Waals surface area contributed by atoms with E-state index >= 15 is 0 Å². The lowest BCUT2D eigenvalue weighted by atomic mass is 9.64. The molecule has 12 rings (SSSR count). The van der Waals surface area contributed by atoms with Crippen LogP contribution in [0.25, 0.3) is 43.8 Å². The summed E-state index contributed by atoms with van der Waals surface area (Å²) in [4.78, 5) is 7.09. The molecule has 0 aliphatic carbocycles. The third-order valence-electron chi connectivity index (χ3n) is 11.5. The highest BCUT2D eigenvalue weighted by Gasteiger charge is 2.48. The van der Waals surface area contributed by atoms with Gasteiger partial charge in [0.15, 0.2) is 0 Å². The quantitative estimate of drug-likeness (QED) is 0.177. The van der Waals surface area contributed by atoms with Crippen LogP contribution in [0.1, 0.15) is 29.1 Å². The molecule has 0 unspecified atom stereocenters. The summed E-state index contributed by atoms with van der Waals surface area (Å²) in [6, 6.07) is 58.2. The van der Waals surface area contributed by atoms with Crippen LogP contribution in [0.2, 0.25) is 0 Å². The Bertz CT molecular complexity index is 3380. The van der Waals surface area contributed by atoms with Gasteiger partial charge in [0.05, 0.1) is 12.3 Å². The van der Waals surface area contributed by atoms with Gasteiger partial charge < -0.3 is 9.32 Å². The van der Waals surface area contributed by atoms with E-state index in [1.165, 1.54) is 41.8 Å². The topological polar surface area (TPSA) is 16.4 Å². The lowest BCUT2D eigenvalue weighted by Gasteiger charge is -2.46. The van der Waals surface area contributed by atoms with E-state index in [1.807, 2.05) is 48.2 Å². The lowest BCUT2D eigenvalue weighted by Crippen LogP contribution is -2.36. The molecule has 57 heavy (non-hydrogen) atoms. The second-order valence-corrected chi connectivity index (χ2v) is 16.6. The average molecular weight is 769 g/mol. The van der Waals surface area contributed by atoms with E-state index in [-0.39, 0.29) is 29.7 Å². The fourth-order valence-corrected chi connectivity index (χ4v) is 11.4. The molecule has 0 bridgehead atoms. The van der Waals surface area contributed by atoms with Crippen LogP contribution in [0, 0.1) is 0 Å². The summed E-state index contributed by atoms with van der Waals surface area (Å²) in [5, 5.41) is 4.26. The molecule has 0 saturated carbocycles. The maximum absolute atomic E-state index is 8.69. The Morgan fingerprint density at radius 3 is 1.70 bits per heavy atom. The van der Waals surface area contributed by atoms with Crippen molar-refractivity contribution in [2.75, 3.05) is 4.90 Å². The Morgan fingerprint density at radius 2 is 1.00 bits per heavy atom. The lowest BCUT2D eigenvalue weighted by molar-refractivity contribution is 0.667. The molecule has 0 atom stereocenters. The number of benzene rings is 9. The van der Waals surface area contributed by atoms with E-state index in [0.29, 0.717) is 5.56 Å².